The highest BCUT2D eigenvalue weighted by Gasteiger charge is 2.17. The number of rotatable bonds is 12. The van der Waals surface area contributed by atoms with Gasteiger partial charge in [-0.1, -0.05) is 24.8 Å². The summed E-state index contributed by atoms with van der Waals surface area (Å²) in [5.41, 5.74) is -0.205. The third-order valence-electron chi connectivity index (χ3n) is 4.39. The molecule has 0 aliphatic rings. The Labute approximate surface area is 185 Å². The van der Waals surface area contributed by atoms with Crippen LogP contribution in [0.25, 0.3) is 0 Å². The maximum absolute atomic E-state index is 14.0. The van der Waals surface area contributed by atoms with Crippen LogP contribution in [0.1, 0.15) is 33.6 Å². The minimum atomic E-state index is -0.688. The first kappa shape index (κ1) is 24.7. The SMILES string of the molecule is C=CCOc1ccc(F)c(C(=O)CCC=CCOc2ccc(F)c(C(=O)N(C)OC)c2)c1. The number of benzene rings is 2. The molecule has 0 fully saturated rings. The van der Waals surface area contributed by atoms with Gasteiger partial charge in [0, 0.05) is 13.5 Å². The molecule has 170 valence electrons. The van der Waals surface area contributed by atoms with Crippen LogP contribution in [0.3, 0.4) is 0 Å². The van der Waals surface area contributed by atoms with Crippen LogP contribution in [-0.4, -0.2) is 44.1 Å². The van der Waals surface area contributed by atoms with Crippen molar-refractivity contribution in [3.05, 3.63) is 84.0 Å². The van der Waals surface area contributed by atoms with Gasteiger partial charge in [0.1, 0.15) is 36.3 Å². The number of halogens is 2. The second kappa shape index (κ2) is 12.4. The molecule has 2 aromatic carbocycles. The summed E-state index contributed by atoms with van der Waals surface area (Å²) < 4.78 is 38.7. The van der Waals surface area contributed by atoms with Gasteiger partial charge in [-0.25, -0.2) is 13.8 Å². The van der Waals surface area contributed by atoms with Crippen LogP contribution in [0.5, 0.6) is 11.5 Å². The quantitative estimate of drug-likeness (QED) is 0.268. The number of hydroxylamine groups is 2. The maximum Gasteiger partial charge on any atom is 0.280 e. The van der Waals surface area contributed by atoms with Crippen LogP contribution in [-0.2, 0) is 4.84 Å². The van der Waals surface area contributed by atoms with Crippen LogP contribution in [0.2, 0.25) is 0 Å². The molecule has 1 amide bonds. The van der Waals surface area contributed by atoms with Crippen LogP contribution >= 0.6 is 0 Å². The molecular formula is C24H25F2NO5. The van der Waals surface area contributed by atoms with Crippen LogP contribution in [0.15, 0.2) is 61.2 Å². The number of Topliss-reactive ketones (excluding diaryl/α,β-unsaturated/α-hetero) is 1. The first-order valence-electron chi connectivity index (χ1n) is 9.83. The lowest BCUT2D eigenvalue weighted by Crippen LogP contribution is -2.26. The molecule has 0 aliphatic heterocycles. The molecule has 6 nitrogen and oxygen atoms in total. The Morgan fingerprint density at radius 1 is 0.969 bits per heavy atom. The van der Waals surface area contributed by atoms with E-state index in [0.717, 1.165) is 11.1 Å². The summed E-state index contributed by atoms with van der Waals surface area (Å²) >= 11 is 0. The summed E-state index contributed by atoms with van der Waals surface area (Å²) in [4.78, 5) is 29.1. The number of hydrogen-bond acceptors (Lipinski definition) is 5. The lowest BCUT2D eigenvalue weighted by Gasteiger charge is -2.14. The molecule has 2 aromatic rings. The number of carbonyl (C=O) groups is 2. The maximum atomic E-state index is 14.0. The van der Waals surface area contributed by atoms with Crippen molar-refractivity contribution in [3.63, 3.8) is 0 Å². The predicted octanol–water partition coefficient (Wildman–Crippen LogP) is 4.76. The number of carbonyl (C=O) groups excluding carboxylic acids is 2. The second-order valence-corrected chi connectivity index (χ2v) is 6.61. The van der Waals surface area contributed by atoms with E-state index in [4.69, 9.17) is 14.3 Å². The Kier molecular flexibility index (Phi) is 9.56. The molecule has 32 heavy (non-hydrogen) atoms. The molecule has 8 heteroatoms. The Hall–Kier alpha value is -3.52. The largest absolute Gasteiger partial charge is 0.490 e. The minimum absolute atomic E-state index is 0.0271. The average molecular weight is 445 g/mol. The van der Waals surface area contributed by atoms with Gasteiger partial charge in [-0.05, 0) is 42.8 Å². The van der Waals surface area contributed by atoms with Crippen LogP contribution in [0.4, 0.5) is 8.78 Å². The topological polar surface area (TPSA) is 65.1 Å². The van der Waals surface area contributed by atoms with Crippen molar-refractivity contribution in [1.29, 1.82) is 0 Å². The lowest BCUT2D eigenvalue weighted by molar-refractivity contribution is -0.0759. The number of allylic oxidation sites excluding steroid dienone is 1. The van der Waals surface area contributed by atoms with E-state index < -0.39 is 17.5 Å². The predicted molar refractivity (Wildman–Crippen MR) is 116 cm³/mol. The number of ether oxygens (including phenoxy) is 2. The highest BCUT2D eigenvalue weighted by molar-refractivity contribution is 5.96. The fourth-order valence-corrected chi connectivity index (χ4v) is 2.65. The van der Waals surface area contributed by atoms with Gasteiger partial charge in [0.2, 0.25) is 0 Å². The fraction of sp³-hybridized carbons (Fsp3) is 0.250. The Balaban J connectivity index is 1.86. The normalized spacial score (nSPS) is 10.8. The second-order valence-electron chi connectivity index (χ2n) is 6.61. The Morgan fingerprint density at radius 2 is 1.56 bits per heavy atom. The number of ketones is 1. The average Bonchev–Trinajstić information content (AvgIpc) is 2.80. The highest BCUT2D eigenvalue weighted by Crippen LogP contribution is 2.20. The summed E-state index contributed by atoms with van der Waals surface area (Å²) in [5, 5.41) is 0.906. The van der Waals surface area contributed by atoms with Crippen LogP contribution < -0.4 is 9.47 Å². The van der Waals surface area contributed by atoms with E-state index in [1.807, 2.05) is 0 Å². The van der Waals surface area contributed by atoms with Crippen molar-refractivity contribution >= 4 is 11.7 Å². The molecule has 0 radical (unpaired) electrons. The first-order valence-corrected chi connectivity index (χ1v) is 9.83. The van der Waals surface area contributed by atoms with E-state index in [1.54, 1.807) is 18.2 Å². The summed E-state index contributed by atoms with van der Waals surface area (Å²) in [6.07, 6.45) is 5.45. The molecule has 0 unspecified atom stereocenters. The summed E-state index contributed by atoms with van der Waals surface area (Å²) in [5.74, 6) is -1.58. The molecule has 0 aromatic heterocycles. The van der Waals surface area contributed by atoms with Crippen molar-refractivity contribution < 1.29 is 32.7 Å². The molecule has 0 spiro atoms. The van der Waals surface area contributed by atoms with Gasteiger partial charge < -0.3 is 9.47 Å². The summed E-state index contributed by atoms with van der Waals surface area (Å²) in [6, 6.07) is 7.85. The molecule has 0 saturated carbocycles. The molecule has 0 N–H and O–H groups in total. The van der Waals surface area contributed by atoms with Gasteiger partial charge in [-0.3, -0.25) is 14.4 Å². The van der Waals surface area contributed by atoms with Crippen molar-refractivity contribution in [2.45, 2.75) is 12.8 Å². The molecule has 0 bridgehead atoms. The van der Waals surface area contributed by atoms with Gasteiger partial charge in [-0.2, -0.15) is 0 Å². The standard InChI is InChI=1S/C24H25F2NO5/c1-4-13-31-17-9-11-21(25)19(15-17)23(28)8-6-5-7-14-32-18-10-12-22(26)20(16-18)24(29)27(2)30-3/h4-5,7,9-12,15-16H,1,6,8,13-14H2,2-3H3. The van der Waals surface area contributed by atoms with Gasteiger partial charge >= 0.3 is 0 Å². The third kappa shape index (κ3) is 7.02. The Bertz CT molecular complexity index is 990. The Morgan fingerprint density at radius 3 is 2.19 bits per heavy atom. The van der Waals surface area contributed by atoms with Gasteiger partial charge in [0.05, 0.1) is 18.2 Å². The van der Waals surface area contributed by atoms with E-state index in [-0.39, 0.29) is 36.5 Å². The number of nitrogens with zero attached hydrogens (tertiary/aromatic N) is 1. The van der Waals surface area contributed by atoms with E-state index in [2.05, 4.69) is 6.58 Å². The third-order valence-corrected chi connectivity index (χ3v) is 4.39. The molecule has 0 heterocycles. The summed E-state index contributed by atoms with van der Waals surface area (Å²) in [7, 11) is 2.67. The van der Waals surface area contributed by atoms with E-state index in [1.165, 1.54) is 44.5 Å². The molecular weight excluding hydrogens is 420 g/mol. The van der Waals surface area contributed by atoms with Crippen molar-refractivity contribution in [2.24, 2.45) is 0 Å². The van der Waals surface area contributed by atoms with E-state index >= 15 is 0 Å². The van der Waals surface area contributed by atoms with Crippen molar-refractivity contribution in [1.82, 2.24) is 5.06 Å². The number of amides is 1. The van der Waals surface area contributed by atoms with Gasteiger partial charge in [-0.15, -0.1) is 0 Å². The number of hydrogen-bond donors (Lipinski definition) is 0. The molecule has 0 atom stereocenters. The summed E-state index contributed by atoms with van der Waals surface area (Å²) in [6.45, 7) is 3.94. The van der Waals surface area contributed by atoms with E-state index in [9.17, 15) is 18.4 Å². The monoisotopic (exact) mass is 445 g/mol. The zero-order chi connectivity index (χ0) is 23.5. The zero-order valence-electron chi connectivity index (χ0n) is 18.0. The van der Waals surface area contributed by atoms with Crippen molar-refractivity contribution in [3.8, 4) is 11.5 Å². The molecule has 0 saturated heterocycles. The van der Waals surface area contributed by atoms with Gasteiger partial charge in [0.15, 0.2) is 5.78 Å². The molecule has 0 aliphatic carbocycles. The zero-order valence-corrected chi connectivity index (χ0v) is 18.0. The first-order chi connectivity index (χ1) is 15.4. The fourth-order valence-electron chi connectivity index (χ4n) is 2.65. The van der Waals surface area contributed by atoms with Crippen molar-refractivity contribution in [2.75, 3.05) is 27.4 Å². The minimum Gasteiger partial charge on any atom is -0.490 e. The van der Waals surface area contributed by atoms with Crippen LogP contribution in [0, 0.1) is 11.6 Å². The van der Waals surface area contributed by atoms with Gasteiger partial charge in [0.25, 0.3) is 5.91 Å². The lowest BCUT2D eigenvalue weighted by atomic mass is 10.1. The molecule has 2 rings (SSSR count). The highest BCUT2D eigenvalue weighted by atomic mass is 19.1. The smallest absolute Gasteiger partial charge is 0.280 e. The van der Waals surface area contributed by atoms with E-state index in [0.29, 0.717) is 17.9 Å².